The summed E-state index contributed by atoms with van der Waals surface area (Å²) in [6.45, 7) is 0.685. The number of nitrogens with zero attached hydrogens (tertiary/aromatic N) is 1. The molecule has 0 spiro atoms. The Hall–Kier alpha value is -1.54. The molecular formula is C11H13FN2OS+2. The minimum absolute atomic E-state index is 0.228. The van der Waals surface area contributed by atoms with Crippen LogP contribution in [0.15, 0.2) is 24.3 Å². The van der Waals surface area contributed by atoms with Crippen molar-refractivity contribution in [1.82, 2.24) is 0 Å². The van der Waals surface area contributed by atoms with Crippen LogP contribution < -0.4 is 4.99 Å². The van der Waals surface area contributed by atoms with Crippen LogP contribution in [0.25, 0.3) is 5.01 Å². The van der Waals surface area contributed by atoms with Gasteiger partial charge in [0.05, 0.1) is 0 Å². The summed E-state index contributed by atoms with van der Waals surface area (Å²) in [5.74, 6) is -0.228. The Labute approximate surface area is 97.8 Å². The lowest BCUT2D eigenvalue weighted by atomic mass is 10.1. The number of rotatable bonds is 3. The molecule has 5 heteroatoms. The van der Waals surface area contributed by atoms with Gasteiger partial charge in [-0.05, 0) is 35.7 Å². The summed E-state index contributed by atoms with van der Waals surface area (Å²) in [6.07, 6.45) is 2.63. The molecule has 0 unspecified atom stereocenters. The fraction of sp³-hybridized carbons (Fsp3) is 0.273. The maximum Gasteiger partial charge on any atom is 0.466 e. The standard InChI is InChI=1S/C11H11FN2OS/c1-16-11(8-14-15)13-7-6-9-2-4-10(12)5-3-9/h2-5H,6-7H2,1H3/p+2. The normalized spacial score (nSPS) is 10.8. The van der Waals surface area contributed by atoms with E-state index < -0.39 is 0 Å². The van der Waals surface area contributed by atoms with Crippen LogP contribution in [-0.2, 0) is 6.42 Å². The van der Waals surface area contributed by atoms with Crippen LogP contribution in [0.4, 0.5) is 4.39 Å². The van der Waals surface area contributed by atoms with Crippen molar-refractivity contribution in [2.24, 2.45) is 0 Å². The zero-order chi connectivity index (χ0) is 11.8. The Balaban J connectivity index is 2.50. The molecule has 1 aromatic carbocycles. The summed E-state index contributed by atoms with van der Waals surface area (Å²) in [4.78, 5) is 3.05. The third-order valence-electron chi connectivity index (χ3n) is 1.97. The molecular weight excluding hydrogens is 227 g/mol. The van der Waals surface area contributed by atoms with Gasteiger partial charge in [-0.3, -0.25) is 0 Å². The van der Waals surface area contributed by atoms with E-state index in [1.807, 2.05) is 6.26 Å². The molecule has 0 saturated carbocycles. The van der Waals surface area contributed by atoms with E-state index in [-0.39, 0.29) is 5.82 Å². The molecule has 1 aromatic rings. The second-order valence-electron chi connectivity index (χ2n) is 3.05. The maximum atomic E-state index is 12.6. The quantitative estimate of drug-likeness (QED) is 0.469. The summed E-state index contributed by atoms with van der Waals surface area (Å²) in [7, 11) is 0. The van der Waals surface area contributed by atoms with E-state index >= 15 is 0 Å². The van der Waals surface area contributed by atoms with Gasteiger partial charge in [0.1, 0.15) is 12.4 Å². The van der Waals surface area contributed by atoms with Crippen LogP contribution in [0, 0.1) is 11.9 Å². The molecule has 0 heterocycles. The first-order chi connectivity index (χ1) is 7.76. The molecule has 0 aromatic heterocycles. The number of thioether (sulfide) groups is 1. The lowest BCUT2D eigenvalue weighted by molar-refractivity contribution is -0.451. The van der Waals surface area contributed by atoms with Gasteiger partial charge in [0.15, 0.2) is 0 Å². The number of hydrogen-bond donors (Lipinski definition) is 2. The number of hydrogen-bond acceptors (Lipinski definition) is 2. The third kappa shape index (κ3) is 4.32. The van der Waals surface area contributed by atoms with Crippen molar-refractivity contribution < 1.29 is 14.6 Å². The van der Waals surface area contributed by atoms with E-state index in [9.17, 15) is 4.39 Å². The largest absolute Gasteiger partial charge is 0.466 e. The highest BCUT2D eigenvalue weighted by Crippen LogP contribution is 2.01. The Bertz CT molecular complexity index is 420. The van der Waals surface area contributed by atoms with E-state index in [1.54, 1.807) is 12.1 Å². The maximum absolute atomic E-state index is 12.6. The molecule has 2 N–H and O–H groups in total. The molecule has 0 saturated heterocycles. The van der Waals surface area contributed by atoms with Gasteiger partial charge in [0.25, 0.3) is 0 Å². The van der Waals surface area contributed by atoms with Gasteiger partial charge < -0.3 is 0 Å². The van der Waals surface area contributed by atoms with Gasteiger partial charge in [-0.2, -0.15) is 5.21 Å². The van der Waals surface area contributed by atoms with Crippen molar-refractivity contribution in [1.29, 1.82) is 0 Å². The van der Waals surface area contributed by atoms with Gasteiger partial charge in [0, 0.05) is 6.42 Å². The van der Waals surface area contributed by atoms with Gasteiger partial charge in [-0.1, -0.05) is 12.1 Å². The van der Waals surface area contributed by atoms with Crippen LogP contribution >= 0.6 is 11.8 Å². The number of halogens is 1. The van der Waals surface area contributed by atoms with E-state index in [0.29, 0.717) is 11.6 Å². The molecule has 84 valence electrons. The lowest BCUT2D eigenvalue weighted by Gasteiger charge is -1.94. The van der Waals surface area contributed by atoms with E-state index in [1.165, 1.54) is 23.9 Å². The molecule has 0 aliphatic heterocycles. The van der Waals surface area contributed by atoms with Gasteiger partial charge in [0.2, 0.25) is 5.01 Å². The molecule has 0 bridgehead atoms. The molecule has 0 aliphatic rings. The molecule has 16 heavy (non-hydrogen) atoms. The van der Waals surface area contributed by atoms with Gasteiger partial charge in [-0.15, -0.1) is 0 Å². The van der Waals surface area contributed by atoms with E-state index in [2.05, 4.69) is 16.1 Å². The van der Waals surface area contributed by atoms with Crippen molar-refractivity contribution in [3.63, 3.8) is 0 Å². The van der Waals surface area contributed by atoms with Crippen LogP contribution in [0.2, 0.25) is 0 Å². The summed E-state index contributed by atoms with van der Waals surface area (Å²) in [6, 6.07) is 8.80. The second kappa shape index (κ2) is 6.85. The third-order valence-corrected chi connectivity index (χ3v) is 2.61. The average Bonchev–Trinajstić information content (AvgIpc) is 2.30. The molecule has 0 atom stereocenters. The summed E-state index contributed by atoms with van der Waals surface area (Å²) >= 11 is 1.41. The summed E-state index contributed by atoms with van der Waals surface area (Å²) in [5, 5.41) is 11.8. The number of benzene rings is 1. The number of nitrogens with one attached hydrogen (secondary N) is 1. The minimum Gasteiger partial charge on any atom is -0.223 e. The highest BCUT2D eigenvalue weighted by atomic mass is 32.2. The van der Waals surface area contributed by atoms with Crippen LogP contribution in [0.3, 0.4) is 0 Å². The first-order valence-corrected chi connectivity index (χ1v) is 5.98. The Kier molecular flexibility index (Phi) is 5.37. The lowest BCUT2D eigenvalue weighted by Crippen LogP contribution is -2.72. The zero-order valence-electron chi connectivity index (χ0n) is 8.90. The predicted octanol–water partition coefficient (Wildman–Crippen LogP) is 0.932. The highest BCUT2D eigenvalue weighted by Gasteiger charge is 2.08. The molecule has 0 fully saturated rings. The van der Waals surface area contributed by atoms with Crippen molar-refractivity contribution in [2.75, 3.05) is 12.8 Å². The molecule has 0 radical (unpaired) electrons. The first-order valence-electron chi connectivity index (χ1n) is 4.75. The Morgan fingerprint density at radius 1 is 1.50 bits per heavy atom. The van der Waals surface area contributed by atoms with Crippen molar-refractivity contribution in [2.45, 2.75) is 6.42 Å². The highest BCUT2D eigenvalue weighted by molar-refractivity contribution is 8.13. The SMILES string of the molecule is CSC(C#[N+]O)=[NH+]CCc1ccc(F)cc1. The second-order valence-corrected chi connectivity index (χ2v) is 3.86. The van der Waals surface area contributed by atoms with Crippen LogP contribution in [0.5, 0.6) is 0 Å². The topological polar surface area (TPSA) is 38.6 Å². The molecule has 0 amide bonds. The average molecular weight is 240 g/mol. The van der Waals surface area contributed by atoms with E-state index in [0.717, 1.165) is 12.0 Å². The first kappa shape index (κ1) is 12.5. The summed E-state index contributed by atoms with van der Waals surface area (Å²) < 4.78 is 12.6. The Morgan fingerprint density at radius 3 is 2.75 bits per heavy atom. The molecule has 3 nitrogen and oxygen atoms in total. The smallest absolute Gasteiger partial charge is 0.223 e. The zero-order valence-corrected chi connectivity index (χ0v) is 9.72. The molecule has 0 aliphatic carbocycles. The molecule has 1 rings (SSSR count). The Morgan fingerprint density at radius 2 is 2.19 bits per heavy atom. The van der Waals surface area contributed by atoms with E-state index in [4.69, 9.17) is 5.21 Å². The van der Waals surface area contributed by atoms with Crippen LogP contribution in [0.1, 0.15) is 5.56 Å². The predicted molar refractivity (Wildman–Crippen MR) is 63.5 cm³/mol. The fourth-order valence-corrected chi connectivity index (χ4v) is 1.55. The van der Waals surface area contributed by atoms with Crippen LogP contribution in [-0.4, -0.2) is 23.1 Å². The van der Waals surface area contributed by atoms with Crippen molar-refractivity contribution in [3.8, 4) is 6.07 Å². The van der Waals surface area contributed by atoms with Crippen molar-refractivity contribution in [3.05, 3.63) is 40.7 Å². The minimum atomic E-state index is -0.228. The van der Waals surface area contributed by atoms with Gasteiger partial charge in [-0.25, -0.2) is 9.38 Å². The fourth-order valence-electron chi connectivity index (χ4n) is 1.17. The van der Waals surface area contributed by atoms with Gasteiger partial charge >= 0.3 is 11.1 Å². The monoisotopic (exact) mass is 240 g/mol. The summed E-state index contributed by atoms with van der Waals surface area (Å²) in [5.41, 5.74) is 1.05. The van der Waals surface area contributed by atoms with Crippen molar-refractivity contribution >= 4 is 16.8 Å².